The monoisotopic (exact) mass is 315 g/mol. The van der Waals surface area contributed by atoms with E-state index in [9.17, 15) is 4.79 Å². The van der Waals surface area contributed by atoms with Crippen molar-refractivity contribution in [3.63, 3.8) is 0 Å². The van der Waals surface area contributed by atoms with Gasteiger partial charge in [-0.05, 0) is 37.8 Å². The third-order valence-electron chi connectivity index (χ3n) is 5.30. The Hall–Kier alpha value is -1.39. The average molecular weight is 315 g/mol. The molecule has 0 radical (unpaired) electrons. The molecule has 1 amide bonds. The van der Waals surface area contributed by atoms with Crippen LogP contribution < -0.4 is 10.6 Å². The van der Waals surface area contributed by atoms with E-state index in [1.807, 2.05) is 6.07 Å². The van der Waals surface area contributed by atoms with Gasteiger partial charge in [-0.1, -0.05) is 37.3 Å². The van der Waals surface area contributed by atoms with Crippen LogP contribution in [0.4, 0.5) is 0 Å². The highest BCUT2D eigenvalue weighted by molar-refractivity contribution is 5.80. The van der Waals surface area contributed by atoms with Crippen molar-refractivity contribution < 1.29 is 4.79 Å². The van der Waals surface area contributed by atoms with Crippen molar-refractivity contribution in [1.29, 1.82) is 0 Å². The summed E-state index contributed by atoms with van der Waals surface area (Å²) in [5.41, 5.74) is 1.24. The number of piperidine rings is 1. The zero-order chi connectivity index (χ0) is 16.3. The van der Waals surface area contributed by atoms with Crippen molar-refractivity contribution in [2.75, 3.05) is 26.2 Å². The first-order valence-corrected chi connectivity index (χ1v) is 8.85. The van der Waals surface area contributed by atoms with Crippen LogP contribution in [0.5, 0.6) is 0 Å². The third-order valence-corrected chi connectivity index (χ3v) is 5.30. The molecule has 2 saturated heterocycles. The molecule has 0 aliphatic carbocycles. The van der Waals surface area contributed by atoms with Gasteiger partial charge in [-0.2, -0.15) is 0 Å². The normalized spacial score (nSPS) is 31.9. The molecule has 1 aromatic rings. The molecule has 0 aromatic heterocycles. The van der Waals surface area contributed by atoms with Crippen LogP contribution in [0.3, 0.4) is 0 Å². The Kier molecular flexibility index (Phi) is 5.02. The van der Waals surface area contributed by atoms with Gasteiger partial charge in [0.25, 0.3) is 0 Å². The summed E-state index contributed by atoms with van der Waals surface area (Å²) < 4.78 is 0. The summed E-state index contributed by atoms with van der Waals surface area (Å²) in [5, 5.41) is 6.72. The van der Waals surface area contributed by atoms with E-state index in [1.54, 1.807) is 0 Å². The minimum absolute atomic E-state index is 0.0814. The van der Waals surface area contributed by atoms with Gasteiger partial charge in [-0.25, -0.2) is 0 Å². The number of hydrogen-bond donors (Lipinski definition) is 2. The molecule has 2 aliphatic heterocycles. The van der Waals surface area contributed by atoms with Crippen molar-refractivity contribution >= 4 is 5.91 Å². The molecule has 2 heterocycles. The number of likely N-dealkylation sites (tertiary alicyclic amines) is 1. The molecule has 4 nitrogen and oxygen atoms in total. The highest BCUT2D eigenvalue weighted by Gasteiger charge is 2.38. The first kappa shape index (κ1) is 16.5. The highest BCUT2D eigenvalue weighted by atomic mass is 16.2. The molecule has 1 aromatic carbocycles. The maximum atomic E-state index is 12.8. The Balaban J connectivity index is 1.56. The fourth-order valence-corrected chi connectivity index (χ4v) is 3.93. The predicted molar refractivity (Wildman–Crippen MR) is 93.0 cm³/mol. The van der Waals surface area contributed by atoms with Crippen molar-refractivity contribution in [2.24, 2.45) is 11.8 Å². The second kappa shape index (κ2) is 7.02. The lowest BCUT2D eigenvalue weighted by Gasteiger charge is -2.36. The van der Waals surface area contributed by atoms with Gasteiger partial charge < -0.3 is 10.6 Å². The van der Waals surface area contributed by atoms with Gasteiger partial charge in [-0.15, -0.1) is 0 Å². The molecule has 3 unspecified atom stereocenters. The molecule has 3 atom stereocenters. The van der Waals surface area contributed by atoms with Crippen molar-refractivity contribution in [3.05, 3.63) is 35.9 Å². The first-order chi connectivity index (χ1) is 11.1. The van der Waals surface area contributed by atoms with E-state index in [2.05, 4.69) is 53.6 Å². The fourth-order valence-electron chi connectivity index (χ4n) is 3.93. The van der Waals surface area contributed by atoms with Crippen molar-refractivity contribution in [3.8, 4) is 0 Å². The maximum absolute atomic E-state index is 12.8. The number of nitrogens with zero attached hydrogens (tertiary/aromatic N) is 1. The Morgan fingerprint density at radius 2 is 2.13 bits per heavy atom. The van der Waals surface area contributed by atoms with Gasteiger partial charge in [0.15, 0.2) is 0 Å². The van der Waals surface area contributed by atoms with Gasteiger partial charge >= 0.3 is 0 Å². The Morgan fingerprint density at radius 3 is 2.83 bits per heavy atom. The molecule has 3 rings (SSSR count). The summed E-state index contributed by atoms with van der Waals surface area (Å²) in [5.74, 6) is 0.760. The van der Waals surface area contributed by atoms with Gasteiger partial charge in [0.2, 0.25) is 5.91 Å². The zero-order valence-corrected chi connectivity index (χ0v) is 14.3. The number of carbonyl (C=O) groups excluding carboxylic acids is 1. The molecule has 2 fully saturated rings. The van der Waals surface area contributed by atoms with Gasteiger partial charge in [0.1, 0.15) is 0 Å². The summed E-state index contributed by atoms with van der Waals surface area (Å²) in [6.07, 6.45) is 2.21. The van der Waals surface area contributed by atoms with Crippen LogP contribution in [0, 0.1) is 11.8 Å². The number of rotatable bonds is 4. The molecule has 126 valence electrons. The predicted octanol–water partition coefficient (Wildman–Crippen LogP) is 2.01. The van der Waals surface area contributed by atoms with Crippen LogP contribution in [0.15, 0.2) is 30.3 Å². The molecule has 0 bridgehead atoms. The molecule has 2 N–H and O–H groups in total. The molecular weight excluding hydrogens is 286 g/mol. The van der Waals surface area contributed by atoms with E-state index < -0.39 is 0 Å². The topological polar surface area (TPSA) is 44.4 Å². The zero-order valence-electron chi connectivity index (χ0n) is 14.3. The van der Waals surface area contributed by atoms with E-state index in [1.165, 1.54) is 5.56 Å². The van der Waals surface area contributed by atoms with Crippen LogP contribution in [0.25, 0.3) is 0 Å². The van der Waals surface area contributed by atoms with Crippen LogP contribution in [0.2, 0.25) is 0 Å². The standard InChI is InChI=1S/C19H29N3O/c1-15-11-22(12-16-7-4-3-5-8-16)13-17(15)18(23)21-19(2)9-6-10-20-14-19/h3-5,7-8,15,17,20H,6,9-14H2,1-2H3,(H,21,23). The summed E-state index contributed by atoms with van der Waals surface area (Å²) in [7, 11) is 0. The van der Waals surface area contributed by atoms with Crippen LogP contribution >= 0.6 is 0 Å². The van der Waals surface area contributed by atoms with E-state index in [-0.39, 0.29) is 17.4 Å². The van der Waals surface area contributed by atoms with Crippen LogP contribution in [-0.2, 0) is 11.3 Å². The summed E-state index contributed by atoms with van der Waals surface area (Å²) >= 11 is 0. The number of amides is 1. The molecule has 0 saturated carbocycles. The number of benzene rings is 1. The quantitative estimate of drug-likeness (QED) is 0.893. The van der Waals surface area contributed by atoms with Gasteiger partial charge in [-0.3, -0.25) is 9.69 Å². The van der Waals surface area contributed by atoms with Crippen LogP contribution in [-0.4, -0.2) is 42.5 Å². The Bertz CT molecular complexity index is 525. The lowest BCUT2D eigenvalue weighted by molar-refractivity contribution is -0.127. The maximum Gasteiger partial charge on any atom is 0.225 e. The summed E-state index contributed by atoms with van der Waals surface area (Å²) in [6.45, 7) is 9.12. The van der Waals surface area contributed by atoms with Crippen LogP contribution in [0.1, 0.15) is 32.3 Å². The smallest absolute Gasteiger partial charge is 0.225 e. The average Bonchev–Trinajstić information content (AvgIpc) is 2.89. The van der Waals surface area contributed by atoms with Gasteiger partial charge in [0.05, 0.1) is 5.92 Å². The number of carbonyl (C=O) groups is 1. The lowest BCUT2D eigenvalue weighted by atomic mass is 9.90. The van der Waals surface area contributed by atoms with Crippen molar-refractivity contribution in [2.45, 2.75) is 38.8 Å². The Morgan fingerprint density at radius 1 is 1.35 bits per heavy atom. The number of nitrogens with one attached hydrogen (secondary N) is 2. The molecule has 4 heteroatoms. The van der Waals surface area contributed by atoms with E-state index in [4.69, 9.17) is 0 Å². The largest absolute Gasteiger partial charge is 0.349 e. The van der Waals surface area contributed by atoms with E-state index in [0.29, 0.717) is 5.92 Å². The first-order valence-electron chi connectivity index (χ1n) is 8.85. The van der Waals surface area contributed by atoms with E-state index in [0.717, 1.165) is 45.6 Å². The minimum atomic E-state index is -0.0814. The lowest BCUT2D eigenvalue weighted by Crippen LogP contribution is -2.57. The second-order valence-corrected chi connectivity index (χ2v) is 7.59. The second-order valence-electron chi connectivity index (χ2n) is 7.59. The third kappa shape index (κ3) is 4.12. The molecule has 23 heavy (non-hydrogen) atoms. The summed E-state index contributed by atoms with van der Waals surface area (Å²) in [4.78, 5) is 15.2. The van der Waals surface area contributed by atoms with Crippen molar-refractivity contribution in [1.82, 2.24) is 15.5 Å². The summed E-state index contributed by atoms with van der Waals surface area (Å²) in [6, 6.07) is 10.5. The molecular formula is C19H29N3O. The number of hydrogen-bond acceptors (Lipinski definition) is 3. The molecule has 0 spiro atoms. The highest BCUT2D eigenvalue weighted by Crippen LogP contribution is 2.26. The Labute approximate surface area is 139 Å². The van der Waals surface area contributed by atoms with E-state index >= 15 is 0 Å². The minimum Gasteiger partial charge on any atom is -0.349 e. The molecule has 2 aliphatic rings. The fraction of sp³-hybridized carbons (Fsp3) is 0.632. The SMILES string of the molecule is CC1CN(Cc2ccccc2)CC1C(=O)NC1(C)CCCNC1. The van der Waals surface area contributed by atoms with Gasteiger partial charge in [0, 0.05) is 31.7 Å².